The van der Waals surface area contributed by atoms with Gasteiger partial charge in [-0.2, -0.15) is 0 Å². The first-order chi connectivity index (χ1) is 14.8. The molecule has 1 aliphatic rings. The van der Waals surface area contributed by atoms with E-state index in [0.29, 0.717) is 11.3 Å². The second-order valence-corrected chi connectivity index (χ2v) is 7.60. The zero-order valence-corrected chi connectivity index (χ0v) is 17.8. The van der Waals surface area contributed by atoms with Crippen molar-refractivity contribution >= 4 is 29.6 Å². The van der Waals surface area contributed by atoms with Gasteiger partial charge in [-0.25, -0.2) is 14.7 Å². The summed E-state index contributed by atoms with van der Waals surface area (Å²) in [6.45, 7) is 7.60. The largest absolute Gasteiger partial charge is 0.335 e. The van der Waals surface area contributed by atoms with Gasteiger partial charge < -0.3 is 4.57 Å². The molecule has 31 heavy (non-hydrogen) atoms. The Balaban J connectivity index is 1.77. The van der Waals surface area contributed by atoms with Crippen molar-refractivity contribution in [1.29, 1.82) is 0 Å². The third kappa shape index (κ3) is 3.54. The number of amides is 4. The minimum Gasteiger partial charge on any atom is -0.303 e. The van der Waals surface area contributed by atoms with E-state index in [1.54, 1.807) is 31.3 Å². The van der Waals surface area contributed by atoms with Crippen LogP contribution in [0.3, 0.4) is 0 Å². The van der Waals surface area contributed by atoms with Gasteiger partial charge in [-0.1, -0.05) is 24.3 Å². The zero-order chi connectivity index (χ0) is 22.3. The lowest BCUT2D eigenvalue weighted by Crippen LogP contribution is -2.54. The Hall–Kier alpha value is -4.00. The van der Waals surface area contributed by atoms with Gasteiger partial charge in [-0.3, -0.25) is 14.9 Å². The molecular formula is C24H22N4O3. The second-order valence-electron chi connectivity index (χ2n) is 7.60. The van der Waals surface area contributed by atoms with Crippen molar-refractivity contribution in [3.05, 3.63) is 82.3 Å². The van der Waals surface area contributed by atoms with Gasteiger partial charge in [-0.15, -0.1) is 0 Å². The van der Waals surface area contributed by atoms with Crippen molar-refractivity contribution in [1.82, 2.24) is 14.9 Å². The number of carbonyl (C=O) groups excluding carboxylic acids is 3. The Labute approximate surface area is 180 Å². The third-order valence-corrected chi connectivity index (χ3v) is 5.35. The third-order valence-electron chi connectivity index (χ3n) is 5.35. The Bertz CT molecular complexity index is 1250. The summed E-state index contributed by atoms with van der Waals surface area (Å²) >= 11 is 0. The molecule has 1 aliphatic heterocycles. The highest BCUT2D eigenvalue weighted by atomic mass is 16.2. The molecule has 2 aromatic heterocycles. The predicted molar refractivity (Wildman–Crippen MR) is 118 cm³/mol. The van der Waals surface area contributed by atoms with Gasteiger partial charge in [0.05, 0.1) is 5.69 Å². The molecule has 0 aliphatic carbocycles. The summed E-state index contributed by atoms with van der Waals surface area (Å²) in [5.41, 5.74) is 4.61. The molecule has 3 aromatic rings. The van der Waals surface area contributed by atoms with Crippen LogP contribution in [0.5, 0.6) is 0 Å². The molecule has 0 bridgehead atoms. The lowest BCUT2D eigenvalue weighted by Gasteiger charge is -2.27. The summed E-state index contributed by atoms with van der Waals surface area (Å²) in [6, 6.07) is 12.1. The topological polar surface area (TPSA) is 84.3 Å². The molecular weight excluding hydrogens is 392 g/mol. The second kappa shape index (κ2) is 7.68. The molecule has 0 spiro atoms. The summed E-state index contributed by atoms with van der Waals surface area (Å²) in [4.78, 5) is 43.6. The number of hydrogen-bond donors (Lipinski definition) is 1. The lowest BCUT2D eigenvalue weighted by atomic mass is 10.1. The number of barbiturate groups is 1. The van der Waals surface area contributed by atoms with Crippen LogP contribution < -0.4 is 10.2 Å². The van der Waals surface area contributed by atoms with Crippen LogP contribution in [0, 0.1) is 27.7 Å². The number of urea groups is 1. The monoisotopic (exact) mass is 414 g/mol. The minimum absolute atomic E-state index is 0.0973. The van der Waals surface area contributed by atoms with Crippen molar-refractivity contribution in [2.45, 2.75) is 27.7 Å². The van der Waals surface area contributed by atoms with Crippen molar-refractivity contribution < 1.29 is 14.4 Å². The van der Waals surface area contributed by atoms with Gasteiger partial charge in [0, 0.05) is 17.6 Å². The molecule has 0 saturated carbocycles. The molecule has 7 heteroatoms. The van der Waals surface area contributed by atoms with E-state index >= 15 is 0 Å². The number of para-hydroxylation sites is 1. The fourth-order valence-corrected chi connectivity index (χ4v) is 3.72. The van der Waals surface area contributed by atoms with E-state index in [-0.39, 0.29) is 5.57 Å². The van der Waals surface area contributed by atoms with E-state index in [4.69, 9.17) is 0 Å². The van der Waals surface area contributed by atoms with Crippen LogP contribution in [0.15, 0.2) is 54.2 Å². The smallest absolute Gasteiger partial charge is 0.303 e. The van der Waals surface area contributed by atoms with Crippen LogP contribution in [0.25, 0.3) is 11.9 Å². The van der Waals surface area contributed by atoms with E-state index in [1.807, 2.05) is 49.6 Å². The van der Waals surface area contributed by atoms with Crippen LogP contribution in [0.1, 0.15) is 28.1 Å². The molecule has 1 N–H and O–H groups in total. The molecule has 0 radical (unpaired) electrons. The Morgan fingerprint density at radius 3 is 2.39 bits per heavy atom. The normalized spacial score (nSPS) is 15.5. The zero-order valence-electron chi connectivity index (χ0n) is 17.8. The van der Waals surface area contributed by atoms with Gasteiger partial charge in [0.25, 0.3) is 11.8 Å². The molecule has 1 fully saturated rings. The predicted octanol–water partition coefficient (Wildman–Crippen LogP) is 3.77. The number of aromatic nitrogens is 2. The molecule has 3 heterocycles. The SMILES string of the molecule is Cc1ccc(-n2c(C)cc(/C=C3\C(=O)NC(=O)N(c4ccccc4C)C3=O)c2C)nc1. The Morgan fingerprint density at radius 1 is 0.968 bits per heavy atom. The van der Waals surface area contributed by atoms with Crippen molar-refractivity contribution in [2.75, 3.05) is 4.90 Å². The highest BCUT2D eigenvalue weighted by molar-refractivity contribution is 6.39. The van der Waals surface area contributed by atoms with E-state index < -0.39 is 17.8 Å². The van der Waals surface area contributed by atoms with Gasteiger partial charge in [-0.05, 0) is 68.7 Å². The maximum Gasteiger partial charge on any atom is 0.335 e. The molecule has 156 valence electrons. The maximum atomic E-state index is 13.2. The van der Waals surface area contributed by atoms with E-state index in [1.165, 1.54) is 6.08 Å². The van der Waals surface area contributed by atoms with E-state index in [0.717, 1.165) is 33.2 Å². The van der Waals surface area contributed by atoms with Crippen molar-refractivity contribution in [3.63, 3.8) is 0 Å². The van der Waals surface area contributed by atoms with Gasteiger partial charge >= 0.3 is 6.03 Å². The molecule has 1 saturated heterocycles. The maximum absolute atomic E-state index is 13.2. The van der Waals surface area contributed by atoms with Crippen LogP contribution in [-0.2, 0) is 9.59 Å². The average Bonchev–Trinajstić information content (AvgIpc) is 3.00. The number of anilines is 1. The molecule has 1 aromatic carbocycles. The minimum atomic E-state index is -0.754. The number of nitrogens with one attached hydrogen (secondary N) is 1. The number of carbonyl (C=O) groups is 3. The number of pyridine rings is 1. The number of aryl methyl sites for hydroxylation is 3. The number of nitrogens with zero attached hydrogens (tertiary/aromatic N) is 3. The molecule has 0 unspecified atom stereocenters. The summed E-state index contributed by atoms with van der Waals surface area (Å²) < 4.78 is 1.96. The van der Waals surface area contributed by atoms with E-state index in [2.05, 4.69) is 10.3 Å². The van der Waals surface area contributed by atoms with Crippen molar-refractivity contribution in [3.8, 4) is 5.82 Å². The van der Waals surface area contributed by atoms with Gasteiger partial charge in [0.15, 0.2) is 0 Å². The van der Waals surface area contributed by atoms with Crippen LogP contribution in [0.2, 0.25) is 0 Å². The highest BCUT2D eigenvalue weighted by Crippen LogP contribution is 2.27. The Kier molecular flexibility index (Phi) is 5.02. The number of hydrogen-bond acceptors (Lipinski definition) is 4. The standard InChI is InChI=1S/C24H22N4O3/c1-14-9-10-21(25-13-14)27-16(3)11-18(17(27)4)12-19-22(29)26-24(31)28(23(19)30)20-8-6-5-7-15(20)2/h5-13H,1-4H3,(H,26,29,31)/b19-12+. The fraction of sp³-hybridized carbons (Fsp3) is 0.167. The summed E-state index contributed by atoms with van der Waals surface area (Å²) in [5.74, 6) is -0.610. The molecule has 0 atom stereocenters. The highest BCUT2D eigenvalue weighted by Gasteiger charge is 2.37. The van der Waals surface area contributed by atoms with Crippen molar-refractivity contribution in [2.24, 2.45) is 0 Å². The van der Waals surface area contributed by atoms with Gasteiger partial charge in [0.2, 0.25) is 0 Å². The first-order valence-electron chi connectivity index (χ1n) is 9.87. The first-order valence-corrected chi connectivity index (χ1v) is 9.87. The lowest BCUT2D eigenvalue weighted by molar-refractivity contribution is -0.122. The number of imide groups is 2. The summed E-state index contributed by atoms with van der Waals surface area (Å²) in [7, 11) is 0. The van der Waals surface area contributed by atoms with Crippen LogP contribution >= 0.6 is 0 Å². The quantitative estimate of drug-likeness (QED) is 0.522. The van der Waals surface area contributed by atoms with Crippen LogP contribution in [-0.4, -0.2) is 27.4 Å². The van der Waals surface area contributed by atoms with E-state index in [9.17, 15) is 14.4 Å². The molecule has 4 amide bonds. The number of rotatable bonds is 3. The number of benzene rings is 1. The Morgan fingerprint density at radius 2 is 1.71 bits per heavy atom. The fourth-order valence-electron chi connectivity index (χ4n) is 3.72. The average molecular weight is 414 g/mol. The summed E-state index contributed by atoms with van der Waals surface area (Å²) in [6.07, 6.45) is 3.32. The molecule has 4 rings (SSSR count). The van der Waals surface area contributed by atoms with Gasteiger partial charge in [0.1, 0.15) is 11.4 Å². The summed E-state index contributed by atoms with van der Waals surface area (Å²) in [5, 5.41) is 2.27. The first kappa shape index (κ1) is 20.3. The molecule has 7 nitrogen and oxygen atoms in total. The van der Waals surface area contributed by atoms with Crippen LogP contribution in [0.4, 0.5) is 10.5 Å².